The Labute approximate surface area is 196 Å². The van der Waals surface area contributed by atoms with Gasteiger partial charge in [0.25, 0.3) is 0 Å². The molecule has 168 valence electrons. The predicted molar refractivity (Wildman–Crippen MR) is 138 cm³/mol. The van der Waals surface area contributed by atoms with Crippen molar-refractivity contribution < 1.29 is 9.47 Å². The number of ether oxygens (including phenoxy) is 2. The Kier molecular flexibility index (Phi) is 4.50. The summed E-state index contributed by atoms with van der Waals surface area (Å²) in [6.07, 6.45) is 0. The lowest BCUT2D eigenvalue weighted by Crippen LogP contribution is -2.64. The third kappa shape index (κ3) is 2.98. The molecule has 0 unspecified atom stereocenters. The van der Waals surface area contributed by atoms with Crippen molar-refractivity contribution >= 4 is 29.7 Å². The van der Waals surface area contributed by atoms with Crippen molar-refractivity contribution in [3.05, 3.63) is 75.8 Å². The molecule has 3 heterocycles. The molecule has 4 nitrogen and oxygen atoms in total. The molecular formula is C28H31N2O2Si+. The molecule has 3 aromatic carbocycles. The van der Waals surface area contributed by atoms with Crippen LogP contribution in [0.4, 0.5) is 5.69 Å². The van der Waals surface area contributed by atoms with E-state index in [0.717, 1.165) is 37.8 Å². The monoisotopic (exact) mass is 455 g/mol. The minimum absolute atomic E-state index is 0.729. The zero-order valence-electron chi connectivity index (χ0n) is 20.2. The molecule has 33 heavy (non-hydrogen) atoms. The summed E-state index contributed by atoms with van der Waals surface area (Å²) >= 11 is 0. The largest absolute Gasteiger partial charge is 0.490 e. The Bertz CT molecular complexity index is 1440. The maximum atomic E-state index is 6.16. The first-order valence-electron chi connectivity index (χ1n) is 11.8. The van der Waals surface area contributed by atoms with Crippen LogP contribution in [0.25, 0.3) is 5.57 Å². The van der Waals surface area contributed by atoms with Crippen LogP contribution in [0.15, 0.2) is 48.5 Å². The molecule has 0 bridgehead atoms. The topological polar surface area (TPSA) is 24.7 Å². The number of aryl methyl sites for hydroxylation is 1. The molecule has 3 aromatic rings. The van der Waals surface area contributed by atoms with Crippen LogP contribution in [0.1, 0.15) is 16.7 Å². The molecule has 0 amide bonds. The molecule has 0 fully saturated rings. The smallest absolute Gasteiger partial charge is 0.242 e. The van der Waals surface area contributed by atoms with E-state index in [4.69, 9.17) is 9.47 Å². The Morgan fingerprint density at radius 1 is 0.909 bits per heavy atom. The lowest BCUT2D eigenvalue weighted by atomic mass is 9.91. The van der Waals surface area contributed by atoms with Crippen LogP contribution in [0.5, 0.6) is 11.5 Å². The second kappa shape index (κ2) is 7.22. The first-order valence-corrected chi connectivity index (χ1v) is 14.8. The molecule has 0 saturated carbocycles. The van der Waals surface area contributed by atoms with E-state index >= 15 is 0 Å². The Hall–Kier alpha value is -3.05. The molecule has 5 heteroatoms. The predicted octanol–water partition coefficient (Wildman–Crippen LogP) is 1.72. The maximum Gasteiger partial charge on any atom is 0.242 e. The fourth-order valence-corrected chi connectivity index (χ4v) is 8.70. The highest BCUT2D eigenvalue weighted by atomic mass is 28.3. The van der Waals surface area contributed by atoms with Crippen LogP contribution in [-0.2, 0) is 0 Å². The van der Waals surface area contributed by atoms with Gasteiger partial charge in [-0.25, -0.2) is 4.58 Å². The van der Waals surface area contributed by atoms with Crippen molar-refractivity contribution in [2.24, 2.45) is 0 Å². The highest BCUT2D eigenvalue weighted by Gasteiger charge is 2.38. The summed E-state index contributed by atoms with van der Waals surface area (Å²) in [4.78, 5) is 2.33. The van der Waals surface area contributed by atoms with Gasteiger partial charge in [-0.3, -0.25) is 0 Å². The van der Waals surface area contributed by atoms with Crippen LogP contribution in [0.2, 0.25) is 13.1 Å². The molecule has 0 radical (unpaired) electrons. The quantitative estimate of drug-likeness (QED) is 0.413. The molecule has 0 spiro atoms. The van der Waals surface area contributed by atoms with Crippen molar-refractivity contribution in [1.82, 2.24) is 4.58 Å². The summed E-state index contributed by atoms with van der Waals surface area (Å²) in [5.74, 6) is 1.99. The number of fused-ring (bicyclic) bond motifs is 4. The van der Waals surface area contributed by atoms with Gasteiger partial charge in [-0.2, -0.15) is 0 Å². The van der Waals surface area contributed by atoms with Crippen molar-refractivity contribution in [2.45, 2.75) is 20.0 Å². The number of hydrogen-bond acceptors (Lipinski definition) is 3. The molecule has 0 aromatic heterocycles. The molecule has 0 N–H and O–H groups in total. The molecule has 0 aliphatic carbocycles. The van der Waals surface area contributed by atoms with Crippen LogP contribution >= 0.6 is 0 Å². The summed E-state index contributed by atoms with van der Waals surface area (Å²) in [6.45, 7) is 10.5. The summed E-state index contributed by atoms with van der Waals surface area (Å²) in [6, 6.07) is 18.2. The van der Waals surface area contributed by atoms with Gasteiger partial charge >= 0.3 is 0 Å². The summed E-state index contributed by atoms with van der Waals surface area (Å²) in [7, 11) is 2.36. The van der Waals surface area contributed by atoms with E-state index in [1.807, 2.05) is 0 Å². The van der Waals surface area contributed by atoms with Gasteiger partial charge in [-0.05, 0) is 63.0 Å². The highest BCUT2D eigenvalue weighted by Crippen LogP contribution is 2.36. The molecule has 3 aliphatic rings. The van der Waals surface area contributed by atoms with Gasteiger partial charge in [0.1, 0.15) is 34.1 Å². The van der Waals surface area contributed by atoms with E-state index in [2.05, 4.69) is 92.1 Å². The van der Waals surface area contributed by atoms with Gasteiger partial charge < -0.3 is 14.4 Å². The van der Waals surface area contributed by atoms with E-state index < -0.39 is 8.07 Å². The van der Waals surface area contributed by atoms with Crippen LogP contribution in [0, 0.1) is 6.92 Å². The van der Waals surface area contributed by atoms with Crippen LogP contribution in [0.3, 0.4) is 0 Å². The first-order chi connectivity index (χ1) is 15.9. The molecule has 6 rings (SSSR count). The number of rotatable bonds is 1. The van der Waals surface area contributed by atoms with Gasteiger partial charge in [-0.1, -0.05) is 37.4 Å². The van der Waals surface area contributed by atoms with Crippen molar-refractivity contribution in [1.29, 1.82) is 0 Å². The standard InChI is InChI=1S/C28H31N2O2Si/c1-18-8-6-7-9-19(18)28-20-14-24-22(29(2)10-12-31-24)16-26(20)33(4,5)27-17-23-25(15-21(27)28)32-13-11-30(23)3/h6-9,14-17H,10-13H2,1-5H3/q+1. The second-order valence-electron chi connectivity index (χ2n) is 10.1. The second-order valence-corrected chi connectivity index (χ2v) is 14.4. The highest BCUT2D eigenvalue weighted by molar-refractivity contribution is 7.01. The van der Waals surface area contributed by atoms with E-state index in [0.29, 0.717) is 0 Å². The molecule has 3 aliphatic heterocycles. The van der Waals surface area contributed by atoms with Crippen LogP contribution in [-0.4, -0.2) is 48.5 Å². The fraction of sp³-hybridized carbons (Fsp3) is 0.321. The molecular weight excluding hydrogens is 424 g/mol. The minimum Gasteiger partial charge on any atom is -0.490 e. The summed E-state index contributed by atoms with van der Waals surface area (Å²) in [5.41, 5.74) is 6.43. The Balaban J connectivity index is 1.80. The van der Waals surface area contributed by atoms with Gasteiger partial charge in [0.15, 0.2) is 12.3 Å². The SMILES string of the molecule is Cc1ccccc1C1=c2cc3c(cc2[Si](C)(C)c2cc4c(cc21)OCCN4C)=[N+](C)CCO3. The zero-order valence-corrected chi connectivity index (χ0v) is 21.2. The number of hydrogen-bond donors (Lipinski definition) is 0. The zero-order chi connectivity index (χ0) is 22.9. The third-order valence-corrected chi connectivity index (χ3v) is 11.2. The summed E-state index contributed by atoms with van der Waals surface area (Å²) < 4.78 is 14.7. The number of nitrogens with zero attached hydrogens (tertiary/aromatic N) is 2. The van der Waals surface area contributed by atoms with E-state index in [9.17, 15) is 0 Å². The lowest BCUT2D eigenvalue weighted by molar-refractivity contribution is 0.281. The molecule has 0 saturated heterocycles. The number of anilines is 1. The van der Waals surface area contributed by atoms with Crippen molar-refractivity contribution in [2.75, 3.05) is 45.3 Å². The van der Waals surface area contributed by atoms with Crippen molar-refractivity contribution in [3.8, 4) is 11.5 Å². The van der Waals surface area contributed by atoms with Crippen LogP contribution < -0.4 is 39.9 Å². The fourth-order valence-electron chi connectivity index (χ4n) is 5.67. The van der Waals surface area contributed by atoms with Gasteiger partial charge in [-0.15, -0.1) is 0 Å². The molecule has 0 atom stereocenters. The maximum absolute atomic E-state index is 6.16. The average Bonchev–Trinajstić information content (AvgIpc) is 2.79. The Morgan fingerprint density at radius 3 is 2.52 bits per heavy atom. The van der Waals surface area contributed by atoms with Gasteiger partial charge in [0, 0.05) is 13.1 Å². The number of benzene rings is 3. The summed E-state index contributed by atoms with van der Waals surface area (Å²) in [5, 5.41) is 5.52. The minimum atomic E-state index is -1.99. The van der Waals surface area contributed by atoms with E-state index in [1.165, 1.54) is 48.9 Å². The lowest BCUT2D eigenvalue weighted by Gasteiger charge is -2.36. The van der Waals surface area contributed by atoms with Gasteiger partial charge in [0.05, 0.1) is 12.2 Å². The normalized spacial score (nSPS) is 17.9. The average molecular weight is 456 g/mol. The van der Waals surface area contributed by atoms with Gasteiger partial charge in [0.2, 0.25) is 5.36 Å². The Morgan fingerprint density at radius 2 is 1.70 bits per heavy atom. The first kappa shape index (κ1) is 20.5. The van der Waals surface area contributed by atoms with Crippen molar-refractivity contribution in [3.63, 3.8) is 0 Å². The van der Waals surface area contributed by atoms with E-state index in [1.54, 1.807) is 0 Å². The third-order valence-electron chi connectivity index (χ3n) is 7.69. The number of likely N-dealkylation sites (N-methyl/N-ethyl adjacent to an activating group) is 2. The van der Waals surface area contributed by atoms with E-state index in [-0.39, 0.29) is 0 Å².